The lowest BCUT2D eigenvalue weighted by molar-refractivity contribution is 0.794. The van der Waals surface area contributed by atoms with Crippen LogP contribution in [0.25, 0.3) is 0 Å². The minimum atomic E-state index is 0.645. The smallest absolute Gasteiger partial charge is 0.133 e. The molecule has 0 saturated heterocycles. The average molecular weight is 212 g/mol. The fourth-order valence-electron chi connectivity index (χ4n) is 1.20. The molecule has 0 aromatic carbocycles. The van der Waals surface area contributed by atoms with E-state index in [-0.39, 0.29) is 0 Å². The normalized spacial score (nSPS) is 10.2. The lowest BCUT2D eigenvalue weighted by Crippen LogP contribution is -2.29. The molecular formula is C9H16N4S. The minimum absolute atomic E-state index is 0.645. The molecule has 1 heterocycles. The molecule has 0 aliphatic carbocycles. The van der Waals surface area contributed by atoms with E-state index < -0.39 is 0 Å². The Hall–Kier alpha value is -0.810. The summed E-state index contributed by atoms with van der Waals surface area (Å²) in [7, 11) is 0. The van der Waals surface area contributed by atoms with Gasteiger partial charge < -0.3 is 10.6 Å². The van der Waals surface area contributed by atoms with E-state index in [1.165, 1.54) is 0 Å². The van der Waals surface area contributed by atoms with Crippen LogP contribution >= 0.6 is 11.8 Å². The molecule has 0 fully saturated rings. The average Bonchev–Trinajstić information content (AvgIpc) is 2.26. The molecule has 0 amide bonds. The van der Waals surface area contributed by atoms with E-state index in [0.717, 1.165) is 23.9 Å². The Morgan fingerprint density at radius 1 is 1.50 bits per heavy atom. The first-order valence-corrected chi connectivity index (χ1v) is 5.85. The zero-order valence-electron chi connectivity index (χ0n) is 8.60. The molecule has 1 aromatic rings. The molecule has 0 bridgehead atoms. The molecule has 5 heteroatoms. The van der Waals surface area contributed by atoms with Crippen LogP contribution in [-0.2, 0) is 0 Å². The summed E-state index contributed by atoms with van der Waals surface area (Å²) >= 11 is 1.62. The standard InChI is InChI=1S/C9H16N4S/c1-3-13(5-4-10)8-6-9(14-2)12-7-11-8/h6-7H,3-5,10H2,1-2H3. The molecular weight excluding hydrogens is 196 g/mol. The van der Waals surface area contributed by atoms with Crippen LogP contribution in [0.4, 0.5) is 5.82 Å². The summed E-state index contributed by atoms with van der Waals surface area (Å²) < 4.78 is 0. The first-order chi connectivity index (χ1) is 6.81. The van der Waals surface area contributed by atoms with Crippen molar-refractivity contribution in [1.29, 1.82) is 0 Å². The first-order valence-electron chi connectivity index (χ1n) is 4.62. The van der Waals surface area contributed by atoms with Crippen molar-refractivity contribution >= 4 is 17.6 Å². The number of likely N-dealkylation sites (N-methyl/N-ethyl adjacent to an activating group) is 1. The number of thioether (sulfide) groups is 1. The molecule has 0 atom stereocenters. The largest absolute Gasteiger partial charge is 0.355 e. The summed E-state index contributed by atoms with van der Waals surface area (Å²) in [5.74, 6) is 0.956. The molecule has 0 unspecified atom stereocenters. The van der Waals surface area contributed by atoms with Gasteiger partial charge in [-0.15, -0.1) is 11.8 Å². The highest BCUT2D eigenvalue weighted by Gasteiger charge is 2.05. The molecule has 0 radical (unpaired) electrons. The van der Waals surface area contributed by atoms with Gasteiger partial charge in [-0.3, -0.25) is 0 Å². The fourth-order valence-corrected chi connectivity index (χ4v) is 1.58. The lowest BCUT2D eigenvalue weighted by atomic mass is 10.4. The van der Waals surface area contributed by atoms with Crippen molar-refractivity contribution in [2.75, 3.05) is 30.8 Å². The van der Waals surface area contributed by atoms with Crippen LogP contribution in [-0.4, -0.2) is 35.9 Å². The van der Waals surface area contributed by atoms with Gasteiger partial charge in [-0.05, 0) is 13.2 Å². The molecule has 0 aliphatic heterocycles. The monoisotopic (exact) mass is 212 g/mol. The van der Waals surface area contributed by atoms with Crippen molar-refractivity contribution in [3.63, 3.8) is 0 Å². The third-order valence-electron chi connectivity index (χ3n) is 1.94. The van der Waals surface area contributed by atoms with E-state index >= 15 is 0 Å². The third-order valence-corrected chi connectivity index (χ3v) is 2.58. The van der Waals surface area contributed by atoms with Gasteiger partial charge in [0.05, 0.1) is 0 Å². The van der Waals surface area contributed by atoms with Gasteiger partial charge in [-0.1, -0.05) is 0 Å². The summed E-state index contributed by atoms with van der Waals surface area (Å²) in [4.78, 5) is 10.5. The molecule has 1 aromatic heterocycles. The zero-order chi connectivity index (χ0) is 10.4. The van der Waals surface area contributed by atoms with E-state index in [2.05, 4.69) is 21.8 Å². The van der Waals surface area contributed by atoms with Crippen LogP contribution in [0.5, 0.6) is 0 Å². The van der Waals surface area contributed by atoms with Gasteiger partial charge in [-0.2, -0.15) is 0 Å². The number of rotatable bonds is 5. The van der Waals surface area contributed by atoms with Gasteiger partial charge in [0.2, 0.25) is 0 Å². The Bertz CT molecular complexity index is 279. The van der Waals surface area contributed by atoms with Gasteiger partial charge in [0.1, 0.15) is 17.2 Å². The van der Waals surface area contributed by atoms with Crippen molar-refractivity contribution in [1.82, 2.24) is 9.97 Å². The van der Waals surface area contributed by atoms with E-state index in [4.69, 9.17) is 5.73 Å². The van der Waals surface area contributed by atoms with Crippen LogP contribution in [0.15, 0.2) is 17.4 Å². The van der Waals surface area contributed by atoms with Gasteiger partial charge >= 0.3 is 0 Å². The summed E-state index contributed by atoms with van der Waals surface area (Å²) in [6.45, 7) is 4.49. The number of nitrogens with two attached hydrogens (primary N) is 1. The number of anilines is 1. The fraction of sp³-hybridized carbons (Fsp3) is 0.556. The zero-order valence-corrected chi connectivity index (χ0v) is 9.42. The second-order valence-corrected chi connectivity index (χ2v) is 3.61. The van der Waals surface area contributed by atoms with Crippen LogP contribution in [0.3, 0.4) is 0 Å². The molecule has 78 valence electrons. The van der Waals surface area contributed by atoms with E-state index in [1.807, 2.05) is 12.3 Å². The Kier molecular flexibility index (Phi) is 4.69. The summed E-state index contributed by atoms with van der Waals surface area (Å²) in [6.07, 6.45) is 3.60. The number of hydrogen-bond acceptors (Lipinski definition) is 5. The molecule has 2 N–H and O–H groups in total. The van der Waals surface area contributed by atoms with Crippen molar-refractivity contribution < 1.29 is 0 Å². The topological polar surface area (TPSA) is 55.0 Å². The summed E-state index contributed by atoms with van der Waals surface area (Å²) in [5.41, 5.74) is 5.52. The predicted octanol–water partition coefficient (Wildman–Crippen LogP) is 0.983. The number of nitrogens with zero attached hydrogens (tertiary/aromatic N) is 3. The molecule has 4 nitrogen and oxygen atoms in total. The number of aromatic nitrogens is 2. The third kappa shape index (κ3) is 2.85. The Labute approximate surface area is 88.9 Å². The number of hydrogen-bond donors (Lipinski definition) is 1. The van der Waals surface area contributed by atoms with Crippen molar-refractivity contribution in [2.45, 2.75) is 11.9 Å². The van der Waals surface area contributed by atoms with Gasteiger partial charge in [0.15, 0.2) is 0 Å². The Morgan fingerprint density at radius 3 is 2.86 bits per heavy atom. The van der Waals surface area contributed by atoms with Crippen LogP contribution in [0.1, 0.15) is 6.92 Å². The van der Waals surface area contributed by atoms with E-state index in [9.17, 15) is 0 Å². The molecule has 14 heavy (non-hydrogen) atoms. The summed E-state index contributed by atoms with van der Waals surface area (Å²) in [5, 5.41) is 0.991. The highest BCUT2D eigenvalue weighted by atomic mass is 32.2. The minimum Gasteiger partial charge on any atom is -0.355 e. The van der Waals surface area contributed by atoms with E-state index in [0.29, 0.717) is 6.54 Å². The highest BCUT2D eigenvalue weighted by molar-refractivity contribution is 7.98. The second kappa shape index (κ2) is 5.82. The molecule has 0 spiro atoms. The van der Waals surface area contributed by atoms with Crippen molar-refractivity contribution in [2.24, 2.45) is 5.73 Å². The van der Waals surface area contributed by atoms with Gasteiger partial charge in [-0.25, -0.2) is 9.97 Å². The van der Waals surface area contributed by atoms with Crippen molar-refractivity contribution in [3.8, 4) is 0 Å². The van der Waals surface area contributed by atoms with Gasteiger partial charge in [0.25, 0.3) is 0 Å². The maximum atomic E-state index is 5.52. The SMILES string of the molecule is CCN(CCN)c1cc(SC)ncn1. The maximum Gasteiger partial charge on any atom is 0.133 e. The Balaban J connectivity index is 2.80. The first kappa shape index (κ1) is 11.3. The Morgan fingerprint density at radius 2 is 2.29 bits per heavy atom. The van der Waals surface area contributed by atoms with Crippen LogP contribution in [0, 0.1) is 0 Å². The van der Waals surface area contributed by atoms with Crippen LogP contribution < -0.4 is 10.6 Å². The summed E-state index contributed by atoms with van der Waals surface area (Å²) in [6, 6.07) is 1.99. The van der Waals surface area contributed by atoms with E-state index in [1.54, 1.807) is 18.1 Å². The van der Waals surface area contributed by atoms with Gasteiger partial charge in [0, 0.05) is 25.7 Å². The van der Waals surface area contributed by atoms with Crippen LogP contribution in [0.2, 0.25) is 0 Å². The predicted molar refractivity (Wildman–Crippen MR) is 60.8 cm³/mol. The quantitative estimate of drug-likeness (QED) is 0.582. The molecule has 0 saturated carbocycles. The molecule has 1 rings (SSSR count). The highest BCUT2D eigenvalue weighted by Crippen LogP contribution is 2.16. The van der Waals surface area contributed by atoms with Crippen molar-refractivity contribution in [3.05, 3.63) is 12.4 Å². The molecule has 0 aliphatic rings. The maximum absolute atomic E-state index is 5.52. The second-order valence-electron chi connectivity index (χ2n) is 2.79. The lowest BCUT2D eigenvalue weighted by Gasteiger charge is -2.20.